The van der Waals surface area contributed by atoms with Gasteiger partial charge in [0.1, 0.15) is 0 Å². The van der Waals surface area contributed by atoms with Crippen LogP contribution in [0.4, 0.5) is 28.7 Å². The van der Waals surface area contributed by atoms with Crippen molar-refractivity contribution in [2.75, 3.05) is 16.4 Å². The van der Waals surface area contributed by atoms with Gasteiger partial charge in [0.15, 0.2) is 0 Å². The Bertz CT molecular complexity index is 1520. The number of halogens is 1. The first-order valence-corrected chi connectivity index (χ1v) is 11.1. The number of rotatable bonds is 5. The van der Waals surface area contributed by atoms with Gasteiger partial charge in [0.25, 0.3) is 0 Å². The number of hydrogen-bond donors (Lipinski definition) is 3. The van der Waals surface area contributed by atoms with E-state index in [0.717, 1.165) is 38.3 Å². The van der Waals surface area contributed by atoms with Crippen molar-refractivity contribution in [1.82, 2.24) is 9.55 Å². The number of imidazole rings is 1. The number of fused-ring (bicyclic) bond motifs is 1. The molecule has 0 spiro atoms. The van der Waals surface area contributed by atoms with Gasteiger partial charge in [-0.25, -0.2) is 4.98 Å². The number of nitrogens with two attached hydrogens (primary N) is 1. The summed E-state index contributed by atoms with van der Waals surface area (Å²) in [6.07, 6.45) is 0. The van der Waals surface area contributed by atoms with E-state index in [1.165, 1.54) is 0 Å². The summed E-state index contributed by atoms with van der Waals surface area (Å²) in [5.41, 5.74) is 12.4. The fourth-order valence-corrected chi connectivity index (χ4v) is 4.10. The fourth-order valence-electron chi connectivity index (χ4n) is 3.70. The molecular formula is C26H19BrN6. The monoisotopic (exact) mass is 494 g/mol. The first-order chi connectivity index (χ1) is 16.1. The molecule has 1 heterocycles. The van der Waals surface area contributed by atoms with Crippen LogP contribution in [-0.4, -0.2) is 9.55 Å². The molecule has 4 N–H and O–H groups in total. The highest BCUT2D eigenvalue weighted by Gasteiger charge is 2.17. The van der Waals surface area contributed by atoms with Crippen LogP contribution < -0.4 is 16.4 Å². The van der Waals surface area contributed by atoms with Crippen LogP contribution in [0.2, 0.25) is 0 Å². The Balaban J connectivity index is 1.71. The molecule has 6 nitrogen and oxygen atoms in total. The largest absolute Gasteiger partial charge is 0.397 e. The van der Waals surface area contributed by atoms with Gasteiger partial charge in [0.2, 0.25) is 5.95 Å². The molecule has 0 fully saturated rings. The number of anilines is 5. The maximum absolute atomic E-state index is 9.60. The Morgan fingerprint density at radius 1 is 0.848 bits per heavy atom. The molecule has 1 aromatic heterocycles. The zero-order valence-corrected chi connectivity index (χ0v) is 19.0. The Hall–Kier alpha value is -4.28. The van der Waals surface area contributed by atoms with E-state index in [0.29, 0.717) is 17.2 Å². The van der Waals surface area contributed by atoms with Crippen LogP contribution in [0.1, 0.15) is 5.56 Å². The summed E-state index contributed by atoms with van der Waals surface area (Å²) in [4.78, 5) is 4.84. The number of benzene rings is 4. The van der Waals surface area contributed by atoms with E-state index in [-0.39, 0.29) is 0 Å². The first kappa shape index (κ1) is 20.6. The quantitative estimate of drug-likeness (QED) is 0.235. The van der Waals surface area contributed by atoms with Crippen molar-refractivity contribution in [1.29, 1.82) is 5.26 Å². The van der Waals surface area contributed by atoms with Crippen molar-refractivity contribution in [2.45, 2.75) is 0 Å². The predicted octanol–water partition coefficient (Wildman–Crippen LogP) is 6.73. The number of para-hydroxylation sites is 4. The molecule has 0 aliphatic heterocycles. The van der Waals surface area contributed by atoms with Crippen LogP contribution in [-0.2, 0) is 0 Å². The predicted molar refractivity (Wildman–Crippen MR) is 137 cm³/mol. The Kier molecular flexibility index (Phi) is 5.43. The summed E-state index contributed by atoms with van der Waals surface area (Å²) < 4.78 is 2.97. The third kappa shape index (κ3) is 4.12. The van der Waals surface area contributed by atoms with Gasteiger partial charge in [-0.05, 0) is 60.7 Å². The number of nitriles is 1. The molecule has 4 aromatic carbocycles. The molecule has 0 aliphatic rings. The van der Waals surface area contributed by atoms with Crippen molar-refractivity contribution in [3.63, 3.8) is 0 Å². The molecule has 5 aromatic rings. The highest BCUT2D eigenvalue weighted by atomic mass is 79.9. The van der Waals surface area contributed by atoms with Gasteiger partial charge >= 0.3 is 0 Å². The minimum absolute atomic E-state index is 0.544. The second-order valence-electron chi connectivity index (χ2n) is 7.45. The number of nitrogen functional groups attached to an aromatic ring is 1. The molecule has 0 saturated carbocycles. The number of nitrogens with zero attached hydrogens (tertiary/aromatic N) is 3. The SMILES string of the molecule is N#Cc1ccc(Nc2ccccc2N)c(-n2c(Nc3cccc(Br)c3)nc3ccccc32)c1. The third-order valence-corrected chi connectivity index (χ3v) is 5.73. The number of hydrogen-bond acceptors (Lipinski definition) is 5. The molecule has 0 bridgehead atoms. The maximum Gasteiger partial charge on any atom is 0.213 e. The fraction of sp³-hybridized carbons (Fsp3) is 0. The summed E-state index contributed by atoms with van der Waals surface area (Å²) >= 11 is 3.52. The maximum atomic E-state index is 9.60. The van der Waals surface area contributed by atoms with E-state index in [9.17, 15) is 5.26 Å². The van der Waals surface area contributed by atoms with E-state index in [2.05, 4.69) is 32.6 Å². The van der Waals surface area contributed by atoms with Gasteiger partial charge in [-0.3, -0.25) is 4.57 Å². The molecule has 0 unspecified atom stereocenters. The zero-order valence-electron chi connectivity index (χ0n) is 17.5. The smallest absolute Gasteiger partial charge is 0.213 e. The summed E-state index contributed by atoms with van der Waals surface area (Å²) in [6.45, 7) is 0. The van der Waals surface area contributed by atoms with Crippen LogP contribution >= 0.6 is 15.9 Å². The third-order valence-electron chi connectivity index (χ3n) is 5.24. The molecule has 0 aliphatic carbocycles. The Morgan fingerprint density at radius 2 is 1.67 bits per heavy atom. The molecule has 5 rings (SSSR count). The molecule has 0 amide bonds. The van der Waals surface area contributed by atoms with E-state index >= 15 is 0 Å². The second kappa shape index (κ2) is 8.69. The van der Waals surface area contributed by atoms with Gasteiger partial charge in [-0.1, -0.05) is 46.3 Å². The normalized spacial score (nSPS) is 10.7. The van der Waals surface area contributed by atoms with Gasteiger partial charge in [0, 0.05) is 10.2 Å². The lowest BCUT2D eigenvalue weighted by atomic mass is 10.1. The van der Waals surface area contributed by atoms with E-state index in [1.54, 1.807) is 6.07 Å². The van der Waals surface area contributed by atoms with Gasteiger partial charge in [-0.15, -0.1) is 0 Å². The Morgan fingerprint density at radius 3 is 2.48 bits per heavy atom. The topological polar surface area (TPSA) is 91.7 Å². The minimum atomic E-state index is 0.544. The van der Waals surface area contributed by atoms with E-state index < -0.39 is 0 Å². The lowest BCUT2D eigenvalue weighted by Gasteiger charge is -2.17. The van der Waals surface area contributed by atoms with E-state index in [1.807, 2.05) is 89.5 Å². The van der Waals surface area contributed by atoms with Gasteiger partial charge in [-0.2, -0.15) is 5.26 Å². The Labute approximate surface area is 199 Å². The van der Waals surface area contributed by atoms with Crippen LogP contribution in [0, 0.1) is 11.3 Å². The summed E-state index contributed by atoms with van der Waals surface area (Å²) in [5, 5.41) is 16.5. The van der Waals surface area contributed by atoms with Crippen LogP contribution in [0.5, 0.6) is 0 Å². The van der Waals surface area contributed by atoms with E-state index in [4.69, 9.17) is 10.7 Å². The van der Waals surface area contributed by atoms with Crippen molar-refractivity contribution >= 4 is 55.7 Å². The van der Waals surface area contributed by atoms with Crippen molar-refractivity contribution in [3.05, 3.63) is 101 Å². The molecule has 33 heavy (non-hydrogen) atoms. The van der Waals surface area contributed by atoms with Crippen LogP contribution in [0.15, 0.2) is 95.5 Å². The minimum Gasteiger partial charge on any atom is -0.397 e. The highest BCUT2D eigenvalue weighted by molar-refractivity contribution is 9.10. The standard InChI is InChI=1S/C26H19BrN6/c27-18-6-5-7-19(15-18)30-26-32-22-10-3-4-11-24(22)33(26)25-14-17(16-28)12-13-23(25)31-21-9-2-1-8-20(21)29/h1-15,31H,29H2,(H,30,32). The first-order valence-electron chi connectivity index (χ1n) is 10.3. The lowest BCUT2D eigenvalue weighted by molar-refractivity contribution is 1.10. The lowest BCUT2D eigenvalue weighted by Crippen LogP contribution is -2.06. The van der Waals surface area contributed by atoms with Gasteiger partial charge in [0.05, 0.1) is 45.4 Å². The van der Waals surface area contributed by atoms with Crippen molar-refractivity contribution in [2.24, 2.45) is 0 Å². The molecular weight excluding hydrogens is 476 g/mol. The summed E-state index contributed by atoms with van der Waals surface area (Å²) in [5.74, 6) is 0.633. The molecule has 0 radical (unpaired) electrons. The molecule has 160 valence electrons. The highest BCUT2D eigenvalue weighted by Crippen LogP contribution is 2.34. The molecule has 7 heteroatoms. The molecule has 0 saturated heterocycles. The number of aromatic nitrogens is 2. The zero-order chi connectivity index (χ0) is 22.8. The van der Waals surface area contributed by atoms with Crippen molar-refractivity contribution < 1.29 is 0 Å². The van der Waals surface area contributed by atoms with Gasteiger partial charge < -0.3 is 16.4 Å². The van der Waals surface area contributed by atoms with Crippen LogP contribution in [0.3, 0.4) is 0 Å². The molecule has 0 atom stereocenters. The summed E-state index contributed by atoms with van der Waals surface area (Å²) in [7, 11) is 0. The number of nitrogens with one attached hydrogen (secondary N) is 2. The average molecular weight is 495 g/mol. The second-order valence-corrected chi connectivity index (χ2v) is 8.37. The van der Waals surface area contributed by atoms with Crippen LogP contribution in [0.25, 0.3) is 16.7 Å². The van der Waals surface area contributed by atoms with Crippen molar-refractivity contribution in [3.8, 4) is 11.8 Å². The summed E-state index contributed by atoms with van der Waals surface area (Å²) in [6, 6.07) is 31.1. The average Bonchev–Trinajstić information content (AvgIpc) is 3.18.